The third-order valence-electron chi connectivity index (χ3n) is 5.36. The maximum atomic E-state index is 10.3. The summed E-state index contributed by atoms with van der Waals surface area (Å²) in [6.45, 7) is 7.00. The smallest absolute Gasteiger partial charge is 0.261 e. The van der Waals surface area contributed by atoms with Crippen molar-refractivity contribution in [2.45, 2.75) is 26.0 Å². The van der Waals surface area contributed by atoms with Crippen LogP contribution in [0.2, 0.25) is 0 Å². The van der Waals surface area contributed by atoms with E-state index in [0.717, 1.165) is 43.2 Å². The van der Waals surface area contributed by atoms with Crippen molar-refractivity contribution in [3.8, 4) is 23.1 Å². The predicted octanol–water partition coefficient (Wildman–Crippen LogP) is 2.32. The summed E-state index contributed by atoms with van der Waals surface area (Å²) in [5.74, 6) is 2.43. The standard InChI is InChI=1S/C22H29N5O4S/c1-3-21-24-20(15-32-21)30-14-16(28)12-26-8-10-27(11-9-26)13-19-23-22(31-25-19)17-6-4-5-7-18(17)29-2/h4-7,15-16,28H,3,8-14H2,1-2H3. The Bertz CT molecular complexity index is 986. The van der Waals surface area contributed by atoms with Crippen molar-refractivity contribution in [2.24, 2.45) is 0 Å². The number of hydrogen-bond donors (Lipinski definition) is 1. The second-order valence-corrected chi connectivity index (χ2v) is 8.63. The highest BCUT2D eigenvalue weighted by molar-refractivity contribution is 7.09. The molecule has 2 aromatic heterocycles. The summed E-state index contributed by atoms with van der Waals surface area (Å²) in [6, 6.07) is 7.60. The molecule has 3 heterocycles. The fourth-order valence-corrected chi connectivity index (χ4v) is 4.30. The Morgan fingerprint density at radius 3 is 2.69 bits per heavy atom. The number of aryl methyl sites for hydroxylation is 1. The maximum absolute atomic E-state index is 10.3. The van der Waals surface area contributed by atoms with Crippen LogP contribution in [-0.2, 0) is 13.0 Å². The molecule has 1 N–H and O–H groups in total. The molecule has 1 atom stereocenters. The molecule has 3 aromatic rings. The van der Waals surface area contributed by atoms with Crippen molar-refractivity contribution >= 4 is 11.3 Å². The number of para-hydroxylation sites is 1. The molecule has 1 unspecified atom stereocenters. The first-order chi connectivity index (χ1) is 15.6. The van der Waals surface area contributed by atoms with E-state index >= 15 is 0 Å². The minimum Gasteiger partial charge on any atom is -0.496 e. The molecular formula is C22H29N5O4S. The number of thiazole rings is 1. The van der Waals surface area contributed by atoms with Gasteiger partial charge in [-0.2, -0.15) is 4.98 Å². The van der Waals surface area contributed by atoms with Crippen molar-refractivity contribution in [3.63, 3.8) is 0 Å². The van der Waals surface area contributed by atoms with Gasteiger partial charge in [0.1, 0.15) is 18.5 Å². The fraction of sp³-hybridized carbons (Fsp3) is 0.500. The first-order valence-electron chi connectivity index (χ1n) is 10.8. The van der Waals surface area contributed by atoms with Crippen LogP contribution in [0.15, 0.2) is 34.2 Å². The minimum atomic E-state index is -0.547. The van der Waals surface area contributed by atoms with E-state index in [1.165, 1.54) is 0 Å². The first-order valence-corrected chi connectivity index (χ1v) is 11.7. The van der Waals surface area contributed by atoms with Gasteiger partial charge in [-0.3, -0.25) is 9.80 Å². The molecule has 0 amide bonds. The molecule has 1 aliphatic rings. The van der Waals surface area contributed by atoms with Crippen LogP contribution >= 0.6 is 11.3 Å². The topological polar surface area (TPSA) is 97.0 Å². The summed E-state index contributed by atoms with van der Waals surface area (Å²) in [6.07, 6.45) is 0.348. The van der Waals surface area contributed by atoms with E-state index in [9.17, 15) is 5.11 Å². The highest BCUT2D eigenvalue weighted by atomic mass is 32.1. The Kier molecular flexibility index (Phi) is 7.69. The van der Waals surface area contributed by atoms with E-state index in [0.29, 0.717) is 36.4 Å². The second-order valence-electron chi connectivity index (χ2n) is 7.69. The van der Waals surface area contributed by atoms with Gasteiger partial charge in [-0.15, -0.1) is 11.3 Å². The van der Waals surface area contributed by atoms with Crippen molar-refractivity contribution in [3.05, 3.63) is 40.5 Å². The molecule has 9 nitrogen and oxygen atoms in total. The van der Waals surface area contributed by atoms with Crippen LogP contribution in [0.25, 0.3) is 11.5 Å². The van der Waals surface area contributed by atoms with Gasteiger partial charge in [0.05, 0.1) is 29.6 Å². The number of ether oxygens (including phenoxy) is 2. The largest absolute Gasteiger partial charge is 0.496 e. The molecule has 0 saturated carbocycles. The summed E-state index contributed by atoms with van der Waals surface area (Å²) < 4.78 is 16.4. The highest BCUT2D eigenvalue weighted by Gasteiger charge is 2.22. The normalized spacial score (nSPS) is 16.2. The molecule has 1 aliphatic heterocycles. The number of hydrogen-bond acceptors (Lipinski definition) is 10. The number of aliphatic hydroxyl groups is 1. The molecule has 10 heteroatoms. The van der Waals surface area contributed by atoms with Crippen LogP contribution in [0.1, 0.15) is 17.8 Å². The minimum absolute atomic E-state index is 0.252. The molecule has 1 saturated heterocycles. The Labute approximate surface area is 191 Å². The van der Waals surface area contributed by atoms with Crippen LogP contribution in [0.3, 0.4) is 0 Å². The lowest BCUT2D eigenvalue weighted by Gasteiger charge is -2.34. The Morgan fingerprint density at radius 2 is 1.94 bits per heavy atom. The summed E-state index contributed by atoms with van der Waals surface area (Å²) in [5.41, 5.74) is 0.790. The van der Waals surface area contributed by atoms with Gasteiger partial charge in [0.25, 0.3) is 5.89 Å². The zero-order valence-corrected chi connectivity index (χ0v) is 19.3. The third kappa shape index (κ3) is 5.83. The van der Waals surface area contributed by atoms with Gasteiger partial charge in [-0.1, -0.05) is 24.2 Å². The fourth-order valence-electron chi connectivity index (χ4n) is 3.63. The molecule has 1 fully saturated rings. The molecule has 1 aromatic carbocycles. The average Bonchev–Trinajstić information content (AvgIpc) is 3.48. The lowest BCUT2D eigenvalue weighted by molar-refractivity contribution is 0.0431. The second kappa shape index (κ2) is 10.9. The monoisotopic (exact) mass is 459 g/mol. The number of rotatable bonds is 10. The van der Waals surface area contributed by atoms with Gasteiger partial charge in [0.15, 0.2) is 5.82 Å². The van der Waals surface area contributed by atoms with Crippen molar-refractivity contribution < 1.29 is 19.1 Å². The number of β-amino-alcohol motifs (C(OH)–C–C–N with tert-alkyl or cyclic N) is 1. The van der Waals surface area contributed by atoms with Gasteiger partial charge in [-0.05, 0) is 18.6 Å². The van der Waals surface area contributed by atoms with Gasteiger partial charge in [-0.25, -0.2) is 4.98 Å². The number of aromatic nitrogens is 3. The number of methoxy groups -OCH3 is 1. The molecule has 4 rings (SSSR count). The molecule has 172 valence electrons. The molecule has 0 spiro atoms. The number of benzene rings is 1. The number of nitrogens with zero attached hydrogens (tertiary/aromatic N) is 5. The van der Waals surface area contributed by atoms with Crippen LogP contribution in [0, 0.1) is 0 Å². The van der Waals surface area contributed by atoms with Gasteiger partial charge in [0.2, 0.25) is 5.88 Å². The summed E-state index contributed by atoms with van der Waals surface area (Å²) >= 11 is 1.58. The van der Waals surface area contributed by atoms with Crippen LogP contribution in [0.5, 0.6) is 11.6 Å². The Morgan fingerprint density at radius 1 is 1.16 bits per heavy atom. The van der Waals surface area contributed by atoms with Crippen molar-refractivity contribution in [1.82, 2.24) is 24.9 Å². The molecule has 0 bridgehead atoms. The molecule has 0 aliphatic carbocycles. The third-order valence-corrected chi connectivity index (χ3v) is 6.33. The van der Waals surface area contributed by atoms with Crippen LogP contribution in [-0.4, -0.2) is 82.6 Å². The molecule has 0 radical (unpaired) electrons. The van der Waals surface area contributed by atoms with E-state index in [-0.39, 0.29) is 6.61 Å². The summed E-state index contributed by atoms with van der Waals surface area (Å²) in [4.78, 5) is 13.4. The van der Waals surface area contributed by atoms with E-state index in [1.54, 1.807) is 18.4 Å². The number of aliphatic hydroxyl groups excluding tert-OH is 1. The summed E-state index contributed by atoms with van der Waals surface area (Å²) in [5, 5.41) is 17.4. The Hall–Kier alpha value is -2.53. The lowest BCUT2D eigenvalue weighted by Crippen LogP contribution is -2.48. The van der Waals surface area contributed by atoms with Crippen molar-refractivity contribution in [2.75, 3.05) is 46.4 Å². The maximum Gasteiger partial charge on any atom is 0.261 e. The van der Waals surface area contributed by atoms with Gasteiger partial charge >= 0.3 is 0 Å². The van der Waals surface area contributed by atoms with Crippen LogP contribution < -0.4 is 9.47 Å². The summed E-state index contributed by atoms with van der Waals surface area (Å²) in [7, 11) is 1.62. The highest BCUT2D eigenvalue weighted by Crippen LogP contribution is 2.28. The van der Waals surface area contributed by atoms with Crippen molar-refractivity contribution in [1.29, 1.82) is 0 Å². The zero-order chi connectivity index (χ0) is 22.3. The predicted molar refractivity (Wildman–Crippen MR) is 121 cm³/mol. The SMILES string of the molecule is CCc1nc(OCC(O)CN2CCN(Cc3noc(-c4ccccc4OC)n3)CC2)cs1. The van der Waals surface area contributed by atoms with Crippen LogP contribution in [0.4, 0.5) is 0 Å². The van der Waals surface area contributed by atoms with Gasteiger partial charge < -0.3 is 19.1 Å². The van der Waals surface area contributed by atoms with E-state index < -0.39 is 6.10 Å². The Balaban J connectivity index is 1.21. The van der Waals surface area contributed by atoms with E-state index in [2.05, 4.69) is 31.8 Å². The zero-order valence-electron chi connectivity index (χ0n) is 18.4. The number of piperazine rings is 1. The lowest BCUT2D eigenvalue weighted by atomic mass is 10.2. The van der Waals surface area contributed by atoms with E-state index in [1.807, 2.05) is 29.6 Å². The average molecular weight is 460 g/mol. The molecular weight excluding hydrogens is 430 g/mol. The quantitative estimate of drug-likeness (QED) is 0.490. The first kappa shape index (κ1) is 22.7. The van der Waals surface area contributed by atoms with E-state index in [4.69, 9.17) is 14.0 Å². The molecule has 32 heavy (non-hydrogen) atoms. The van der Waals surface area contributed by atoms with Gasteiger partial charge in [0, 0.05) is 32.7 Å².